The Hall–Kier alpha value is -3.60. The van der Waals surface area contributed by atoms with Gasteiger partial charge in [0.25, 0.3) is 11.8 Å². The number of hydrogen-bond donors (Lipinski definition) is 3. The number of benzene rings is 3. The first-order valence-electron chi connectivity index (χ1n) is 10.2. The van der Waals surface area contributed by atoms with E-state index in [1.54, 1.807) is 12.1 Å². The third-order valence-corrected chi connectivity index (χ3v) is 5.06. The quantitative estimate of drug-likeness (QED) is 0.540. The van der Waals surface area contributed by atoms with E-state index in [2.05, 4.69) is 16.0 Å². The average molecular weight is 399 g/mol. The van der Waals surface area contributed by atoms with E-state index in [4.69, 9.17) is 0 Å². The fourth-order valence-corrected chi connectivity index (χ4v) is 3.21. The maximum atomic E-state index is 13.1. The number of hydrogen-bond acceptors (Lipinski definition) is 3. The number of carbonyl (C=O) groups is 2. The van der Waals surface area contributed by atoms with Crippen molar-refractivity contribution in [2.75, 3.05) is 10.6 Å². The lowest BCUT2D eigenvalue weighted by atomic mass is 10.0. The van der Waals surface area contributed by atoms with E-state index in [1.807, 2.05) is 73.7 Å². The first-order chi connectivity index (χ1) is 14.6. The van der Waals surface area contributed by atoms with Gasteiger partial charge in [0.1, 0.15) is 6.04 Å². The van der Waals surface area contributed by atoms with Crippen molar-refractivity contribution in [1.82, 2.24) is 5.32 Å². The van der Waals surface area contributed by atoms with Gasteiger partial charge in [-0.25, -0.2) is 0 Å². The molecule has 5 nitrogen and oxygen atoms in total. The van der Waals surface area contributed by atoms with Crippen LogP contribution in [0.1, 0.15) is 40.4 Å². The fraction of sp³-hybridized carbons (Fsp3) is 0.200. The van der Waals surface area contributed by atoms with E-state index >= 15 is 0 Å². The van der Waals surface area contributed by atoms with Crippen molar-refractivity contribution in [3.8, 4) is 0 Å². The van der Waals surface area contributed by atoms with E-state index in [9.17, 15) is 9.59 Å². The lowest BCUT2D eigenvalue weighted by Gasteiger charge is -2.20. The molecular formula is C25H25N3O2. The maximum Gasteiger partial charge on any atom is 0.251 e. The topological polar surface area (TPSA) is 70.2 Å². The Bertz CT molecular complexity index is 1030. The van der Waals surface area contributed by atoms with Crippen molar-refractivity contribution in [3.63, 3.8) is 0 Å². The number of nitrogens with one attached hydrogen (secondary N) is 3. The highest BCUT2D eigenvalue weighted by Crippen LogP contribution is 2.24. The maximum absolute atomic E-state index is 13.1. The van der Waals surface area contributed by atoms with Crippen LogP contribution in [-0.4, -0.2) is 17.9 Å². The van der Waals surface area contributed by atoms with Gasteiger partial charge in [0.15, 0.2) is 0 Å². The number of aryl methyl sites for hydroxylation is 1. The SMILES string of the molecule is Cc1ccc(NC(=O)[C@H](Nc2cccc(C(=O)NC3CC3)c2)c2ccccc2)cc1. The van der Waals surface area contributed by atoms with E-state index in [-0.39, 0.29) is 11.8 Å². The minimum absolute atomic E-state index is 0.0819. The monoisotopic (exact) mass is 399 g/mol. The molecule has 152 valence electrons. The Morgan fingerprint density at radius 2 is 1.60 bits per heavy atom. The summed E-state index contributed by atoms with van der Waals surface area (Å²) in [6.45, 7) is 2.01. The van der Waals surface area contributed by atoms with Crippen LogP contribution in [0, 0.1) is 6.92 Å². The lowest BCUT2D eigenvalue weighted by molar-refractivity contribution is -0.117. The highest BCUT2D eigenvalue weighted by molar-refractivity contribution is 5.98. The molecule has 1 atom stereocenters. The summed E-state index contributed by atoms with van der Waals surface area (Å²) in [4.78, 5) is 25.5. The molecule has 0 spiro atoms. The summed E-state index contributed by atoms with van der Waals surface area (Å²) < 4.78 is 0. The molecule has 1 fully saturated rings. The second kappa shape index (κ2) is 8.82. The van der Waals surface area contributed by atoms with Gasteiger partial charge in [-0.2, -0.15) is 0 Å². The van der Waals surface area contributed by atoms with Crippen molar-refractivity contribution in [2.45, 2.75) is 31.8 Å². The van der Waals surface area contributed by atoms with Crippen LogP contribution in [0.3, 0.4) is 0 Å². The Morgan fingerprint density at radius 1 is 0.867 bits per heavy atom. The second-order valence-corrected chi connectivity index (χ2v) is 7.67. The summed E-state index contributed by atoms with van der Waals surface area (Å²) in [5, 5.41) is 9.27. The van der Waals surface area contributed by atoms with Crippen molar-refractivity contribution in [2.24, 2.45) is 0 Å². The summed E-state index contributed by atoms with van der Waals surface area (Å²) in [5.74, 6) is -0.251. The number of carbonyl (C=O) groups excluding carboxylic acids is 2. The van der Waals surface area contributed by atoms with Crippen molar-refractivity contribution in [1.29, 1.82) is 0 Å². The molecule has 0 aromatic heterocycles. The molecule has 1 saturated carbocycles. The molecule has 0 bridgehead atoms. The Labute approximate surface area is 176 Å². The normalized spacial score (nSPS) is 13.9. The summed E-state index contributed by atoms with van der Waals surface area (Å²) in [7, 11) is 0. The minimum Gasteiger partial charge on any atom is -0.370 e. The third kappa shape index (κ3) is 5.06. The standard InChI is InChI=1S/C25H25N3O2/c1-17-10-12-20(13-11-17)28-25(30)23(18-6-3-2-4-7-18)26-22-9-5-8-19(16-22)24(29)27-21-14-15-21/h2-13,16,21,23,26H,14-15H2,1H3,(H,27,29)(H,28,30)/t23-/m1/s1. The lowest BCUT2D eigenvalue weighted by Crippen LogP contribution is -2.28. The first-order valence-corrected chi connectivity index (χ1v) is 10.2. The smallest absolute Gasteiger partial charge is 0.251 e. The second-order valence-electron chi connectivity index (χ2n) is 7.67. The Morgan fingerprint density at radius 3 is 2.30 bits per heavy atom. The van der Waals surface area contributed by atoms with Crippen LogP contribution < -0.4 is 16.0 Å². The van der Waals surface area contributed by atoms with Crippen LogP contribution in [-0.2, 0) is 4.79 Å². The minimum atomic E-state index is -0.603. The molecule has 3 N–H and O–H groups in total. The van der Waals surface area contributed by atoms with Gasteiger partial charge in [-0.3, -0.25) is 9.59 Å². The largest absolute Gasteiger partial charge is 0.370 e. The Balaban J connectivity index is 1.55. The zero-order valence-corrected chi connectivity index (χ0v) is 16.9. The molecule has 3 aromatic carbocycles. The van der Waals surface area contributed by atoms with Crippen molar-refractivity contribution < 1.29 is 9.59 Å². The molecule has 2 amide bonds. The fourth-order valence-electron chi connectivity index (χ4n) is 3.21. The van der Waals surface area contributed by atoms with Crippen LogP contribution in [0.5, 0.6) is 0 Å². The third-order valence-electron chi connectivity index (χ3n) is 5.06. The highest BCUT2D eigenvalue weighted by atomic mass is 16.2. The zero-order valence-electron chi connectivity index (χ0n) is 16.9. The molecule has 0 aliphatic heterocycles. The van der Waals surface area contributed by atoms with Gasteiger partial charge in [-0.05, 0) is 55.7 Å². The number of rotatable bonds is 7. The van der Waals surface area contributed by atoms with Gasteiger partial charge in [-0.15, -0.1) is 0 Å². The average Bonchev–Trinajstić information content (AvgIpc) is 3.58. The van der Waals surface area contributed by atoms with Crippen LogP contribution in [0.15, 0.2) is 78.9 Å². The van der Waals surface area contributed by atoms with Gasteiger partial charge in [0.2, 0.25) is 0 Å². The van der Waals surface area contributed by atoms with Gasteiger partial charge >= 0.3 is 0 Å². The van der Waals surface area contributed by atoms with Gasteiger partial charge in [0, 0.05) is 23.0 Å². The molecule has 1 aliphatic rings. The summed E-state index contributed by atoms with van der Waals surface area (Å²) in [6.07, 6.45) is 2.08. The van der Waals surface area contributed by atoms with E-state index < -0.39 is 6.04 Å². The molecule has 30 heavy (non-hydrogen) atoms. The number of amides is 2. The first kappa shape index (κ1) is 19.7. The van der Waals surface area contributed by atoms with Crippen LogP contribution in [0.2, 0.25) is 0 Å². The molecule has 0 radical (unpaired) electrons. The van der Waals surface area contributed by atoms with Gasteiger partial charge in [-0.1, -0.05) is 54.1 Å². The summed E-state index contributed by atoms with van der Waals surface area (Å²) in [6, 6.07) is 24.2. The highest BCUT2D eigenvalue weighted by Gasteiger charge is 2.24. The summed E-state index contributed by atoms with van der Waals surface area (Å²) >= 11 is 0. The molecule has 3 aromatic rings. The van der Waals surface area contributed by atoms with Crippen molar-refractivity contribution >= 4 is 23.2 Å². The van der Waals surface area contributed by atoms with E-state index in [0.717, 1.165) is 29.7 Å². The molecule has 5 heteroatoms. The molecule has 1 aliphatic carbocycles. The van der Waals surface area contributed by atoms with Gasteiger partial charge in [0.05, 0.1) is 0 Å². The number of anilines is 2. The molecule has 0 heterocycles. The molecule has 4 rings (SSSR count). The zero-order chi connectivity index (χ0) is 20.9. The predicted molar refractivity (Wildman–Crippen MR) is 120 cm³/mol. The molecular weight excluding hydrogens is 374 g/mol. The van der Waals surface area contributed by atoms with Crippen LogP contribution >= 0.6 is 0 Å². The van der Waals surface area contributed by atoms with E-state index in [0.29, 0.717) is 17.3 Å². The van der Waals surface area contributed by atoms with Crippen molar-refractivity contribution in [3.05, 3.63) is 95.6 Å². The van der Waals surface area contributed by atoms with Gasteiger partial charge < -0.3 is 16.0 Å². The molecule has 0 unspecified atom stereocenters. The Kier molecular flexibility index (Phi) is 5.80. The van der Waals surface area contributed by atoms with Crippen LogP contribution in [0.4, 0.5) is 11.4 Å². The molecule has 0 saturated heterocycles. The van der Waals surface area contributed by atoms with E-state index in [1.165, 1.54) is 0 Å². The predicted octanol–water partition coefficient (Wildman–Crippen LogP) is 4.68. The van der Waals surface area contributed by atoms with Crippen LogP contribution in [0.25, 0.3) is 0 Å². The summed E-state index contributed by atoms with van der Waals surface area (Å²) in [5.41, 5.74) is 4.01.